The molecule has 1 fully saturated rings. The molecule has 1 aliphatic rings. The second kappa shape index (κ2) is 7.08. The molecule has 21 heavy (non-hydrogen) atoms. The Bertz CT molecular complexity index is 519. The molecular formula is C15H21N3O3. The highest BCUT2D eigenvalue weighted by molar-refractivity contribution is 5.97. The molecule has 0 bridgehead atoms. The molecule has 0 radical (unpaired) electrons. The highest BCUT2D eigenvalue weighted by Gasteiger charge is 2.25. The van der Waals surface area contributed by atoms with E-state index < -0.39 is 5.91 Å². The Morgan fingerprint density at radius 1 is 1.43 bits per heavy atom. The average molecular weight is 291 g/mol. The van der Waals surface area contributed by atoms with Crippen molar-refractivity contribution in [3.63, 3.8) is 0 Å². The van der Waals surface area contributed by atoms with Gasteiger partial charge in [0.2, 0.25) is 0 Å². The van der Waals surface area contributed by atoms with Crippen molar-refractivity contribution < 1.29 is 14.3 Å². The fraction of sp³-hybridized carbons (Fsp3) is 0.467. The minimum Gasteiger partial charge on any atom is -0.483 e. The van der Waals surface area contributed by atoms with E-state index in [1.165, 1.54) is 0 Å². The molecule has 3 N–H and O–H groups in total. The van der Waals surface area contributed by atoms with Crippen molar-refractivity contribution in [2.24, 2.45) is 5.73 Å². The number of benzene rings is 1. The number of nitrogens with zero attached hydrogens (tertiary/aromatic N) is 1. The molecular weight excluding hydrogens is 270 g/mol. The van der Waals surface area contributed by atoms with E-state index in [-0.39, 0.29) is 12.5 Å². The Kier molecular flexibility index (Phi) is 5.16. The van der Waals surface area contributed by atoms with E-state index in [1.54, 1.807) is 24.3 Å². The summed E-state index contributed by atoms with van der Waals surface area (Å²) in [5.41, 5.74) is 5.55. The smallest absolute Gasteiger partial charge is 0.257 e. The van der Waals surface area contributed by atoms with Gasteiger partial charge in [-0.25, -0.2) is 0 Å². The normalized spacial score (nSPS) is 18.3. The molecule has 6 nitrogen and oxygen atoms in total. The molecule has 0 unspecified atom stereocenters. The maximum Gasteiger partial charge on any atom is 0.257 e. The van der Waals surface area contributed by atoms with Gasteiger partial charge in [-0.1, -0.05) is 12.1 Å². The first-order chi connectivity index (χ1) is 10.1. The maximum atomic E-state index is 12.6. The van der Waals surface area contributed by atoms with E-state index in [9.17, 15) is 9.59 Å². The largest absolute Gasteiger partial charge is 0.483 e. The molecule has 1 aromatic rings. The standard InChI is InChI=1S/C15H21N3O3/c1-17-11-5-4-8-18(9-11)15(20)12-6-2-3-7-13(12)21-10-14(16)19/h2-3,6-7,11,17H,4-5,8-10H2,1H3,(H2,16,19)/t11-/m1/s1. The van der Waals surface area contributed by atoms with Crippen LogP contribution in [0, 0.1) is 0 Å². The minimum absolute atomic E-state index is 0.0741. The molecule has 0 aliphatic carbocycles. The molecule has 2 rings (SSSR count). The Morgan fingerprint density at radius 3 is 2.90 bits per heavy atom. The summed E-state index contributed by atoms with van der Waals surface area (Å²) in [7, 11) is 1.91. The molecule has 1 aromatic carbocycles. The molecule has 2 amide bonds. The number of carbonyl (C=O) groups excluding carboxylic acids is 2. The lowest BCUT2D eigenvalue weighted by molar-refractivity contribution is -0.119. The van der Waals surface area contributed by atoms with Crippen molar-refractivity contribution in [3.05, 3.63) is 29.8 Å². The zero-order valence-corrected chi connectivity index (χ0v) is 12.2. The summed E-state index contributed by atoms with van der Waals surface area (Å²) < 4.78 is 5.33. The number of amides is 2. The molecule has 0 saturated carbocycles. The van der Waals surface area contributed by atoms with Crippen LogP contribution in [-0.4, -0.2) is 49.5 Å². The fourth-order valence-corrected chi connectivity index (χ4v) is 2.49. The molecule has 1 atom stereocenters. The van der Waals surface area contributed by atoms with Crippen LogP contribution in [0.1, 0.15) is 23.2 Å². The van der Waals surface area contributed by atoms with Crippen molar-refractivity contribution in [2.75, 3.05) is 26.7 Å². The maximum absolute atomic E-state index is 12.6. The SMILES string of the molecule is CN[C@@H]1CCCN(C(=O)c2ccccc2OCC(N)=O)C1. The number of rotatable bonds is 5. The average Bonchev–Trinajstić information content (AvgIpc) is 2.52. The van der Waals surface area contributed by atoms with Gasteiger partial charge < -0.3 is 20.7 Å². The monoisotopic (exact) mass is 291 g/mol. The van der Waals surface area contributed by atoms with Gasteiger partial charge in [-0.2, -0.15) is 0 Å². The van der Waals surface area contributed by atoms with Gasteiger partial charge in [-0.05, 0) is 32.0 Å². The molecule has 6 heteroatoms. The Hall–Kier alpha value is -2.08. The van der Waals surface area contributed by atoms with Crippen LogP contribution in [0.25, 0.3) is 0 Å². The number of hydrogen-bond acceptors (Lipinski definition) is 4. The number of likely N-dealkylation sites (N-methyl/N-ethyl adjacent to an activating group) is 1. The van der Waals surface area contributed by atoms with Crippen molar-refractivity contribution >= 4 is 11.8 Å². The van der Waals surface area contributed by atoms with Crippen molar-refractivity contribution in [1.29, 1.82) is 0 Å². The molecule has 1 heterocycles. The Labute approximate surface area is 124 Å². The highest BCUT2D eigenvalue weighted by Crippen LogP contribution is 2.22. The van der Waals surface area contributed by atoms with Crippen LogP contribution < -0.4 is 15.8 Å². The molecule has 0 aromatic heterocycles. The zero-order valence-electron chi connectivity index (χ0n) is 12.2. The van der Waals surface area contributed by atoms with Crippen molar-refractivity contribution in [2.45, 2.75) is 18.9 Å². The van der Waals surface area contributed by atoms with Gasteiger partial charge in [0.15, 0.2) is 6.61 Å². The summed E-state index contributed by atoms with van der Waals surface area (Å²) in [6, 6.07) is 7.25. The number of likely N-dealkylation sites (tertiary alicyclic amines) is 1. The highest BCUT2D eigenvalue weighted by atomic mass is 16.5. The van der Waals surface area contributed by atoms with Crippen molar-refractivity contribution in [1.82, 2.24) is 10.2 Å². The van der Waals surface area contributed by atoms with Gasteiger partial charge in [0.05, 0.1) is 5.56 Å². The number of piperidine rings is 1. The molecule has 1 saturated heterocycles. The Morgan fingerprint density at radius 2 is 2.19 bits per heavy atom. The predicted molar refractivity (Wildman–Crippen MR) is 79.1 cm³/mol. The Balaban J connectivity index is 2.12. The summed E-state index contributed by atoms with van der Waals surface area (Å²) in [4.78, 5) is 25.3. The summed E-state index contributed by atoms with van der Waals surface area (Å²) in [5, 5.41) is 3.21. The summed E-state index contributed by atoms with van der Waals surface area (Å²) in [6.07, 6.45) is 2.04. The number of primary amides is 1. The van der Waals surface area contributed by atoms with Gasteiger partial charge in [-0.15, -0.1) is 0 Å². The summed E-state index contributed by atoms with van der Waals surface area (Å²) in [6.45, 7) is 1.18. The van der Waals surface area contributed by atoms with Crippen LogP contribution in [-0.2, 0) is 4.79 Å². The van der Waals surface area contributed by atoms with E-state index >= 15 is 0 Å². The van der Waals surface area contributed by atoms with E-state index in [4.69, 9.17) is 10.5 Å². The first kappa shape index (κ1) is 15.3. The van der Waals surface area contributed by atoms with E-state index in [0.29, 0.717) is 23.9 Å². The number of ether oxygens (including phenoxy) is 1. The van der Waals surface area contributed by atoms with E-state index in [2.05, 4.69) is 5.32 Å². The first-order valence-electron chi connectivity index (χ1n) is 7.08. The third kappa shape index (κ3) is 3.95. The van der Waals surface area contributed by atoms with Crippen LogP contribution in [0.15, 0.2) is 24.3 Å². The topological polar surface area (TPSA) is 84.7 Å². The van der Waals surface area contributed by atoms with Gasteiger partial charge in [0.1, 0.15) is 5.75 Å². The number of nitrogens with two attached hydrogens (primary N) is 1. The minimum atomic E-state index is -0.564. The van der Waals surface area contributed by atoms with Gasteiger partial charge >= 0.3 is 0 Å². The third-order valence-electron chi connectivity index (χ3n) is 3.60. The van der Waals surface area contributed by atoms with E-state index in [1.807, 2.05) is 11.9 Å². The molecule has 1 aliphatic heterocycles. The number of nitrogens with one attached hydrogen (secondary N) is 1. The van der Waals surface area contributed by atoms with Crippen LogP contribution in [0.4, 0.5) is 0 Å². The van der Waals surface area contributed by atoms with Crippen LogP contribution in [0.5, 0.6) is 5.75 Å². The second-order valence-corrected chi connectivity index (χ2v) is 5.13. The number of carbonyl (C=O) groups is 2. The third-order valence-corrected chi connectivity index (χ3v) is 3.60. The molecule has 114 valence electrons. The fourth-order valence-electron chi connectivity index (χ4n) is 2.49. The summed E-state index contributed by atoms with van der Waals surface area (Å²) >= 11 is 0. The first-order valence-corrected chi connectivity index (χ1v) is 7.08. The zero-order chi connectivity index (χ0) is 15.2. The van der Waals surface area contributed by atoms with Crippen LogP contribution in [0.3, 0.4) is 0 Å². The van der Waals surface area contributed by atoms with Gasteiger partial charge in [-0.3, -0.25) is 9.59 Å². The number of para-hydroxylation sites is 1. The lowest BCUT2D eigenvalue weighted by Crippen LogP contribution is -2.47. The van der Waals surface area contributed by atoms with Crippen molar-refractivity contribution in [3.8, 4) is 5.75 Å². The van der Waals surface area contributed by atoms with E-state index in [0.717, 1.165) is 19.4 Å². The quantitative estimate of drug-likeness (QED) is 0.821. The second-order valence-electron chi connectivity index (χ2n) is 5.13. The predicted octanol–water partition coefficient (Wildman–Crippen LogP) is 0.375. The van der Waals surface area contributed by atoms with Crippen LogP contribution >= 0.6 is 0 Å². The number of hydrogen-bond donors (Lipinski definition) is 2. The molecule has 0 spiro atoms. The summed E-state index contributed by atoms with van der Waals surface area (Å²) in [5.74, 6) is -0.242. The lowest BCUT2D eigenvalue weighted by atomic mass is 10.0. The van der Waals surface area contributed by atoms with Crippen LogP contribution in [0.2, 0.25) is 0 Å². The lowest BCUT2D eigenvalue weighted by Gasteiger charge is -2.32. The van der Waals surface area contributed by atoms with Gasteiger partial charge in [0, 0.05) is 19.1 Å². The van der Waals surface area contributed by atoms with Gasteiger partial charge in [0.25, 0.3) is 11.8 Å².